The number of likely N-dealkylation sites (tertiary alicyclic amines) is 1. The maximum absolute atomic E-state index is 13.1. The van der Waals surface area contributed by atoms with Crippen molar-refractivity contribution >= 4 is 34.2 Å². The molecule has 0 unspecified atom stereocenters. The highest BCUT2D eigenvalue weighted by Crippen LogP contribution is 2.26. The number of pyridine rings is 2. The number of methoxy groups -OCH3 is 1. The zero-order chi connectivity index (χ0) is 26.9. The molecule has 0 saturated carbocycles. The van der Waals surface area contributed by atoms with Crippen LogP contribution in [0.1, 0.15) is 35.8 Å². The minimum atomic E-state index is -0.314. The van der Waals surface area contributed by atoms with Crippen LogP contribution in [0.4, 0.5) is 11.4 Å². The van der Waals surface area contributed by atoms with Crippen LogP contribution in [0.3, 0.4) is 0 Å². The Labute approximate surface area is 220 Å². The molecule has 0 bridgehead atoms. The first-order valence-corrected chi connectivity index (χ1v) is 12.5. The Balaban J connectivity index is 1.23. The van der Waals surface area contributed by atoms with E-state index in [1.165, 1.54) is 6.20 Å². The van der Waals surface area contributed by atoms with E-state index in [1.54, 1.807) is 43.2 Å². The summed E-state index contributed by atoms with van der Waals surface area (Å²) in [6, 6.07) is 5.45. The van der Waals surface area contributed by atoms with E-state index in [-0.39, 0.29) is 17.4 Å². The molecular weight excluding hydrogens is 484 g/mol. The number of fused-ring (bicyclic) bond motifs is 1. The van der Waals surface area contributed by atoms with Gasteiger partial charge in [-0.25, -0.2) is 4.98 Å². The molecule has 11 nitrogen and oxygen atoms in total. The second kappa shape index (κ2) is 10.3. The van der Waals surface area contributed by atoms with Crippen LogP contribution in [0, 0.1) is 6.92 Å². The van der Waals surface area contributed by atoms with Crippen LogP contribution in [0.2, 0.25) is 0 Å². The molecule has 1 saturated heterocycles. The predicted octanol–water partition coefficient (Wildman–Crippen LogP) is 3.36. The van der Waals surface area contributed by atoms with Crippen LogP contribution >= 0.6 is 0 Å². The number of piperidine rings is 1. The van der Waals surface area contributed by atoms with Crippen molar-refractivity contribution in [2.24, 2.45) is 7.05 Å². The Morgan fingerprint density at radius 1 is 1.11 bits per heavy atom. The van der Waals surface area contributed by atoms with Gasteiger partial charge in [-0.1, -0.05) is 0 Å². The van der Waals surface area contributed by atoms with Crippen molar-refractivity contribution in [2.75, 3.05) is 37.4 Å². The molecule has 198 valence electrons. The van der Waals surface area contributed by atoms with Gasteiger partial charge in [0, 0.05) is 50.6 Å². The van der Waals surface area contributed by atoms with Crippen LogP contribution in [0.5, 0.6) is 0 Å². The van der Waals surface area contributed by atoms with Crippen LogP contribution in [0.25, 0.3) is 22.3 Å². The third kappa shape index (κ3) is 5.58. The van der Waals surface area contributed by atoms with Gasteiger partial charge in [-0.2, -0.15) is 5.10 Å². The molecule has 11 heteroatoms. The SMILES string of the molecule is COC1(C)CCN(CC(=O)Nc2cnc(C)c(NC(=O)c3cnc4[nH]c(-c5cnn(C)c5)cc4c3)c2)CC1. The number of amides is 2. The van der Waals surface area contributed by atoms with E-state index in [1.807, 2.05) is 19.3 Å². The number of carbonyl (C=O) groups excluding carboxylic acids is 2. The molecule has 0 radical (unpaired) electrons. The van der Waals surface area contributed by atoms with Gasteiger partial charge in [0.2, 0.25) is 5.91 Å². The molecule has 4 aromatic heterocycles. The van der Waals surface area contributed by atoms with E-state index in [2.05, 4.69) is 42.5 Å². The molecule has 4 aromatic rings. The normalized spacial score (nSPS) is 15.5. The molecule has 1 fully saturated rings. The highest BCUT2D eigenvalue weighted by Gasteiger charge is 2.30. The monoisotopic (exact) mass is 516 g/mol. The molecule has 0 atom stereocenters. The van der Waals surface area contributed by atoms with Crippen molar-refractivity contribution in [1.29, 1.82) is 0 Å². The number of H-pyrrole nitrogens is 1. The molecule has 5 heterocycles. The van der Waals surface area contributed by atoms with Gasteiger partial charge in [-0.05, 0) is 44.9 Å². The van der Waals surface area contributed by atoms with Gasteiger partial charge < -0.3 is 20.4 Å². The summed E-state index contributed by atoms with van der Waals surface area (Å²) in [4.78, 5) is 39.9. The number of aromatic nitrogens is 5. The maximum Gasteiger partial charge on any atom is 0.257 e. The first-order chi connectivity index (χ1) is 18.2. The molecule has 3 N–H and O–H groups in total. The number of hydrogen-bond donors (Lipinski definition) is 3. The molecule has 5 rings (SSSR count). The minimum absolute atomic E-state index is 0.121. The average Bonchev–Trinajstić information content (AvgIpc) is 3.53. The zero-order valence-corrected chi connectivity index (χ0v) is 22.0. The number of nitrogens with one attached hydrogen (secondary N) is 3. The fourth-order valence-corrected chi connectivity index (χ4v) is 4.57. The number of anilines is 2. The lowest BCUT2D eigenvalue weighted by atomic mass is 9.93. The molecule has 0 aliphatic carbocycles. The van der Waals surface area contributed by atoms with Gasteiger partial charge in [0.05, 0.1) is 52.9 Å². The number of hydrogen-bond acceptors (Lipinski definition) is 7. The number of carbonyl (C=O) groups is 2. The van der Waals surface area contributed by atoms with Gasteiger partial charge in [-0.15, -0.1) is 0 Å². The highest BCUT2D eigenvalue weighted by atomic mass is 16.5. The summed E-state index contributed by atoms with van der Waals surface area (Å²) in [5.74, 6) is -0.438. The maximum atomic E-state index is 13.1. The Hall–Kier alpha value is -4.09. The zero-order valence-electron chi connectivity index (χ0n) is 22.0. The number of nitrogens with zero attached hydrogens (tertiary/aromatic N) is 5. The summed E-state index contributed by atoms with van der Waals surface area (Å²) < 4.78 is 7.31. The van der Waals surface area contributed by atoms with Crippen LogP contribution in [-0.4, -0.2) is 73.8 Å². The van der Waals surface area contributed by atoms with Crippen molar-refractivity contribution in [1.82, 2.24) is 29.6 Å². The van der Waals surface area contributed by atoms with Crippen molar-refractivity contribution in [3.8, 4) is 11.3 Å². The Morgan fingerprint density at radius 2 is 1.89 bits per heavy atom. The Kier molecular flexibility index (Phi) is 6.96. The molecule has 1 aliphatic rings. The summed E-state index contributed by atoms with van der Waals surface area (Å²) in [5, 5.41) is 10.8. The first kappa shape index (κ1) is 25.6. The standard InChI is InChI=1S/C27H32N8O3/c1-17-22(11-21(14-28-17)31-24(36)16-35-7-5-27(2,38-4)6-8-35)33-26(37)19-9-18-10-23(32-25(18)29-12-19)20-13-30-34(3)15-20/h9-15H,5-8,16H2,1-4H3,(H,29,32)(H,31,36)(H,33,37). The van der Waals surface area contributed by atoms with Crippen LogP contribution in [0.15, 0.2) is 43.0 Å². The molecule has 2 amide bonds. The summed E-state index contributed by atoms with van der Waals surface area (Å²) in [5.41, 5.74) is 4.47. The lowest BCUT2D eigenvalue weighted by molar-refractivity contribution is -0.118. The second-order valence-corrected chi connectivity index (χ2v) is 10.0. The molecule has 1 aliphatic heterocycles. The van der Waals surface area contributed by atoms with Crippen molar-refractivity contribution in [2.45, 2.75) is 32.3 Å². The van der Waals surface area contributed by atoms with Gasteiger partial charge in [0.1, 0.15) is 5.65 Å². The third-order valence-corrected chi connectivity index (χ3v) is 7.14. The third-order valence-electron chi connectivity index (χ3n) is 7.14. The number of aryl methyl sites for hydroxylation is 2. The number of rotatable bonds is 7. The molecule has 0 spiro atoms. The van der Waals surface area contributed by atoms with Crippen molar-refractivity contribution < 1.29 is 14.3 Å². The summed E-state index contributed by atoms with van der Waals surface area (Å²) >= 11 is 0. The Bertz CT molecular complexity index is 1480. The summed E-state index contributed by atoms with van der Waals surface area (Å²) in [6.07, 6.45) is 8.56. The van der Waals surface area contributed by atoms with E-state index < -0.39 is 0 Å². The van der Waals surface area contributed by atoms with Crippen molar-refractivity contribution in [3.63, 3.8) is 0 Å². The minimum Gasteiger partial charge on any atom is -0.378 e. The lowest BCUT2D eigenvalue weighted by Gasteiger charge is -2.38. The van der Waals surface area contributed by atoms with E-state index in [0.29, 0.717) is 34.8 Å². The highest BCUT2D eigenvalue weighted by molar-refractivity contribution is 6.06. The van der Waals surface area contributed by atoms with E-state index in [4.69, 9.17) is 4.74 Å². The molecular formula is C27H32N8O3. The number of ether oxygens (including phenoxy) is 1. The van der Waals surface area contributed by atoms with Crippen LogP contribution in [-0.2, 0) is 16.6 Å². The summed E-state index contributed by atoms with van der Waals surface area (Å²) in [6.45, 7) is 5.79. The van der Waals surface area contributed by atoms with E-state index in [9.17, 15) is 9.59 Å². The second-order valence-electron chi connectivity index (χ2n) is 10.0. The largest absolute Gasteiger partial charge is 0.378 e. The van der Waals surface area contributed by atoms with Crippen molar-refractivity contribution in [3.05, 3.63) is 54.2 Å². The van der Waals surface area contributed by atoms with Gasteiger partial charge in [-0.3, -0.25) is 24.2 Å². The fraction of sp³-hybridized carbons (Fsp3) is 0.370. The summed E-state index contributed by atoms with van der Waals surface area (Å²) in [7, 11) is 3.59. The van der Waals surface area contributed by atoms with E-state index in [0.717, 1.165) is 42.6 Å². The number of aromatic amines is 1. The van der Waals surface area contributed by atoms with Gasteiger partial charge in [0.25, 0.3) is 5.91 Å². The molecule has 0 aromatic carbocycles. The van der Waals surface area contributed by atoms with Gasteiger partial charge in [0.15, 0.2) is 0 Å². The van der Waals surface area contributed by atoms with Gasteiger partial charge >= 0.3 is 0 Å². The quantitative estimate of drug-likeness (QED) is 0.343. The Morgan fingerprint density at radius 3 is 2.61 bits per heavy atom. The van der Waals surface area contributed by atoms with E-state index >= 15 is 0 Å². The smallest absolute Gasteiger partial charge is 0.257 e. The van der Waals surface area contributed by atoms with Crippen LogP contribution < -0.4 is 10.6 Å². The average molecular weight is 517 g/mol. The lowest BCUT2D eigenvalue weighted by Crippen LogP contribution is -2.46. The fourth-order valence-electron chi connectivity index (χ4n) is 4.57. The topological polar surface area (TPSA) is 130 Å². The first-order valence-electron chi connectivity index (χ1n) is 12.5. The predicted molar refractivity (Wildman–Crippen MR) is 145 cm³/mol. The molecule has 38 heavy (non-hydrogen) atoms.